The van der Waals surface area contributed by atoms with Crippen molar-refractivity contribution in [2.75, 3.05) is 5.32 Å². The average molecular weight is 464 g/mol. The molecule has 1 N–H and O–H groups in total. The normalized spacial score (nSPS) is 14.6. The van der Waals surface area contributed by atoms with Gasteiger partial charge in [0, 0.05) is 31.3 Å². The Balaban J connectivity index is 0.00000149. The van der Waals surface area contributed by atoms with Crippen molar-refractivity contribution in [3.63, 3.8) is 0 Å². The highest BCUT2D eigenvalue weighted by Gasteiger charge is 2.53. The quantitative estimate of drug-likeness (QED) is 0.414. The third-order valence-electron chi connectivity index (χ3n) is 5.49. The molecule has 0 bridgehead atoms. The first kappa shape index (κ1) is 24.2. The number of hydrogen-bond acceptors (Lipinski definition) is 4. The molecule has 33 heavy (non-hydrogen) atoms. The SMILES string of the molecule is C#C.Cc1nc(NCc2cccc(C(C)(F)F)c2F)c2cn(C3(C(F)F)CC3)c(=O)cc2n1. The Bertz CT molecular complexity index is 1260. The van der Waals surface area contributed by atoms with E-state index < -0.39 is 34.8 Å². The number of halogens is 5. The highest BCUT2D eigenvalue weighted by molar-refractivity contribution is 5.88. The number of anilines is 1. The van der Waals surface area contributed by atoms with Gasteiger partial charge in [-0.2, -0.15) is 0 Å². The van der Waals surface area contributed by atoms with Crippen LogP contribution < -0.4 is 10.9 Å². The minimum Gasteiger partial charge on any atom is -0.365 e. The average Bonchev–Trinajstić information content (AvgIpc) is 3.55. The number of nitrogens with zero attached hydrogens (tertiary/aromatic N) is 3. The predicted octanol–water partition coefficient (Wildman–Crippen LogP) is 4.97. The molecule has 1 saturated carbocycles. The lowest BCUT2D eigenvalue weighted by Crippen LogP contribution is -2.35. The fraction of sp³-hybridized carbons (Fsp3) is 0.348. The van der Waals surface area contributed by atoms with Crippen molar-refractivity contribution in [1.82, 2.24) is 14.5 Å². The minimum absolute atomic E-state index is 0.0111. The van der Waals surface area contributed by atoms with Crippen LogP contribution in [0.3, 0.4) is 0 Å². The molecule has 0 unspecified atom stereocenters. The summed E-state index contributed by atoms with van der Waals surface area (Å²) in [6.07, 6.45) is 6.92. The van der Waals surface area contributed by atoms with E-state index in [1.807, 2.05) is 0 Å². The molecule has 10 heteroatoms. The Morgan fingerprint density at radius 3 is 2.48 bits per heavy atom. The largest absolute Gasteiger partial charge is 0.365 e. The van der Waals surface area contributed by atoms with Crippen molar-refractivity contribution in [3.8, 4) is 12.8 Å². The summed E-state index contributed by atoms with van der Waals surface area (Å²) in [4.78, 5) is 20.8. The van der Waals surface area contributed by atoms with Crippen LogP contribution in [0.1, 0.15) is 36.7 Å². The van der Waals surface area contributed by atoms with Gasteiger partial charge in [0.1, 0.15) is 23.0 Å². The van der Waals surface area contributed by atoms with Gasteiger partial charge < -0.3 is 9.88 Å². The van der Waals surface area contributed by atoms with Crippen molar-refractivity contribution < 1.29 is 22.0 Å². The second kappa shape index (κ2) is 8.81. The lowest BCUT2D eigenvalue weighted by molar-refractivity contribution is 0.0136. The molecule has 1 aromatic carbocycles. The Kier molecular flexibility index (Phi) is 6.45. The number of aromatic nitrogens is 3. The van der Waals surface area contributed by atoms with Gasteiger partial charge in [0.25, 0.3) is 17.9 Å². The molecule has 2 heterocycles. The molecule has 0 aliphatic heterocycles. The minimum atomic E-state index is -3.35. The molecule has 1 aliphatic rings. The summed E-state index contributed by atoms with van der Waals surface area (Å²) in [5, 5.41) is 3.17. The van der Waals surface area contributed by atoms with Gasteiger partial charge in [-0.15, -0.1) is 12.8 Å². The van der Waals surface area contributed by atoms with Crippen LogP contribution in [0.15, 0.2) is 35.3 Å². The second-order valence-corrected chi connectivity index (χ2v) is 7.82. The number of alkyl halides is 4. The second-order valence-electron chi connectivity index (χ2n) is 7.82. The van der Waals surface area contributed by atoms with Crippen LogP contribution in [0, 0.1) is 25.6 Å². The van der Waals surface area contributed by atoms with Gasteiger partial charge in [-0.05, 0) is 19.8 Å². The molecule has 2 aromatic heterocycles. The van der Waals surface area contributed by atoms with E-state index in [1.54, 1.807) is 6.92 Å². The Hall–Kier alpha value is -3.48. The zero-order chi connectivity index (χ0) is 24.6. The molecule has 5 nitrogen and oxygen atoms in total. The van der Waals surface area contributed by atoms with E-state index in [-0.39, 0.29) is 36.3 Å². The molecule has 1 aliphatic carbocycles. The standard InChI is InChI=1S/C21H19F5N4O.C2H2/c1-11-28-15-8-16(31)30(21(6-7-21)19(23)24)10-13(15)18(29-11)27-9-12-4-3-5-14(17(12)22)20(2,25)26;1-2/h3-5,8,10,19H,6-7,9H2,1-2H3,(H,27,28,29);1-2H. The number of aryl methyl sites for hydroxylation is 1. The van der Waals surface area contributed by atoms with E-state index in [9.17, 15) is 26.7 Å². The molecule has 0 amide bonds. The fourth-order valence-electron chi connectivity index (χ4n) is 3.63. The zero-order valence-electron chi connectivity index (χ0n) is 17.9. The number of rotatable bonds is 6. The number of fused-ring (bicyclic) bond motifs is 1. The smallest absolute Gasteiger partial charge is 0.273 e. The number of nitrogens with one attached hydrogen (secondary N) is 1. The van der Waals surface area contributed by atoms with Crippen molar-refractivity contribution in [3.05, 3.63) is 63.6 Å². The van der Waals surface area contributed by atoms with Gasteiger partial charge in [0.15, 0.2) is 0 Å². The van der Waals surface area contributed by atoms with Gasteiger partial charge in [-0.3, -0.25) is 4.79 Å². The third-order valence-corrected chi connectivity index (χ3v) is 5.49. The van der Waals surface area contributed by atoms with Crippen LogP contribution in [0.2, 0.25) is 0 Å². The molecular formula is C23H21F5N4O. The maximum absolute atomic E-state index is 14.6. The molecule has 0 saturated heterocycles. The van der Waals surface area contributed by atoms with Crippen molar-refractivity contribution >= 4 is 16.7 Å². The first-order chi connectivity index (χ1) is 15.5. The summed E-state index contributed by atoms with van der Waals surface area (Å²) in [5.41, 5.74) is -2.63. The molecule has 1 fully saturated rings. The van der Waals surface area contributed by atoms with Crippen LogP contribution in [0.25, 0.3) is 10.9 Å². The zero-order valence-corrected chi connectivity index (χ0v) is 17.9. The topological polar surface area (TPSA) is 59.8 Å². The lowest BCUT2D eigenvalue weighted by atomic mass is 10.0. The summed E-state index contributed by atoms with van der Waals surface area (Å²) < 4.78 is 69.9. The van der Waals surface area contributed by atoms with Gasteiger partial charge in [0.05, 0.1) is 16.5 Å². The number of benzene rings is 1. The number of hydrogen-bond donors (Lipinski definition) is 1. The summed E-state index contributed by atoms with van der Waals surface area (Å²) in [6.45, 7) is 2.01. The summed E-state index contributed by atoms with van der Waals surface area (Å²) in [7, 11) is 0. The molecule has 0 atom stereocenters. The molecular weight excluding hydrogens is 443 g/mol. The van der Waals surface area contributed by atoms with Crippen LogP contribution in [0.5, 0.6) is 0 Å². The van der Waals surface area contributed by atoms with Gasteiger partial charge in [-0.1, -0.05) is 18.2 Å². The van der Waals surface area contributed by atoms with Gasteiger partial charge in [-0.25, -0.2) is 31.9 Å². The Morgan fingerprint density at radius 1 is 1.24 bits per heavy atom. The lowest BCUT2D eigenvalue weighted by Gasteiger charge is -2.19. The van der Waals surface area contributed by atoms with Crippen LogP contribution in [0.4, 0.5) is 27.8 Å². The van der Waals surface area contributed by atoms with Crippen LogP contribution >= 0.6 is 0 Å². The fourth-order valence-corrected chi connectivity index (χ4v) is 3.63. The van der Waals surface area contributed by atoms with Crippen molar-refractivity contribution in [2.45, 2.75) is 51.1 Å². The molecule has 3 aromatic rings. The highest BCUT2D eigenvalue weighted by atomic mass is 19.3. The van der Waals surface area contributed by atoms with E-state index in [1.165, 1.54) is 18.3 Å². The van der Waals surface area contributed by atoms with E-state index in [0.29, 0.717) is 18.1 Å². The summed E-state index contributed by atoms with van der Waals surface area (Å²) >= 11 is 0. The Labute approximate surface area is 186 Å². The highest BCUT2D eigenvalue weighted by Crippen LogP contribution is 2.48. The predicted molar refractivity (Wildman–Crippen MR) is 115 cm³/mol. The van der Waals surface area contributed by atoms with Gasteiger partial charge in [0.2, 0.25) is 0 Å². The maximum Gasteiger partial charge on any atom is 0.273 e. The van der Waals surface area contributed by atoms with E-state index in [0.717, 1.165) is 16.7 Å². The molecule has 4 rings (SSSR count). The number of pyridine rings is 1. The van der Waals surface area contributed by atoms with Crippen LogP contribution in [-0.2, 0) is 18.0 Å². The Morgan fingerprint density at radius 2 is 1.91 bits per heavy atom. The van der Waals surface area contributed by atoms with E-state index in [2.05, 4.69) is 28.1 Å². The van der Waals surface area contributed by atoms with E-state index >= 15 is 0 Å². The molecule has 0 radical (unpaired) electrons. The molecule has 0 spiro atoms. The molecule has 174 valence electrons. The first-order valence-corrected chi connectivity index (χ1v) is 9.95. The van der Waals surface area contributed by atoms with Crippen molar-refractivity contribution in [1.29, 1.82) is 0 Å². The maximum atomic E-state index is 14.6. The van der Waals surface area contributed by atoms with Gasteiger partial charge >= 0.3 is 0 Å². The van der Waals surface area contributed by atoms with E-state index in [4.69, 9.17) is 0 Å². The first-order valence-electron chi connectivity index (χ1n) is 9.95. The summed E-state index contributed by atoms with van der Waals surface area (Å²) in [6, 6.07) is 4.87. The summed E-state index contributed by atoms with van der Waals surface area (Å²) in [5.74, 6) is -3.89. The monoisotopic (exact) mass is 464 g/mol. The third kappa shape index (κ3) is 4.53. The van der Waals surface area contributed by atoms with Crippen molar-refractivity contribution in [2.24, 2.45) is 0 Å². The van der Waals surface area contributed by atoms with Crippen LogP contribution in [-0.4, -0.2) is 21.0 Å². The number of terminal acetylenes is 1.